The number of hydrogen-bond acceptors (Lipinski definition) is 4. The summed E-state index contributed by atoms with van der Waals surface area (Å²) in [5, 5.41) is 2.92. The number of anilines is 1. The van der Waals surface area contributed by atoms with E-state index in [4.69, 9.17) is 10.5 Å². The molecule has 1 heterocycles. The van der Waals surface area contributed by atoms with Crippen molar-refractivity contribution in [3.05, 3.63) is 24.3 Å². The van der Waals surface area contributed by atoms with Crippen LogP contribution in [0.25, 0.3) is 0 Å². The third-order valence-corrected chi connectivity index (χ3v) is 4.03. The summed E-state index contributed by atoms with van der Waals surface area (Å²) < 4.78 is 5.24. The molecule has 0 spiro atoms. The van der Waals surface area contributed by atoms with Crippen molar-refractivity contribution in [2.24, 2.45) is 11.7 Å². The average molecular weight is 291 g/mol. The Morgan fingerprint density at radius 3 is 2.76 bits per heavy atom. The van der Waals surface area contributed by atoms with Crippen molar-refractivity contribution in [1.82, 2.24) is 4.90 Å². The lowest BCUT2D eigenvalue weighted by atomic mass is 9.94. The maximum Gasteiger partial charge on any atom is 0.238 e. The number of ether oxygens (including phenoxy) is 1. The zero-order valence-electron chi connectivity index (χ0n) is 12.7. The predicted molar refractivity (Wildman–Crippen MR) is 84.5 cm³/mol. The fourth-order valence-corrected chi connectivity index (χ4v) is 2.81. The molecule has 0 radical (unpaired) electrons. The predicted octanol–water partition coefficient (Wildman–Crippen LogP) is 1.69. The molecule has 1 aromatic rings. The Bertz CT molecular complexity index is 457. The highest BCUT2D eigenvalue weighted by molar-refractivity contribution is 5.93. The van der Waals surface area contributed by atoms with Gasteiger partial charge in [0.2, 0.25) is 5.91 Å². The number of rotatable bonds is 6. The number of likely N-dealkylation sites (tertiary alicyclic amines) is 1. The number of piperidine rings is 1. The molecule has 0 unspecified atom stereocenters. The molecule has 21 heavy (non-hydrogen) atoms. The van der Waals surface area contributed by atoms with Gasteiger partial charge in [-0.3, -0.25) is 9.69 Å². The molecule has 1 aromatic carbocycles. The number of nitrogens with zero attached hydrogens (tertiary/aromatic N) is 1. The Hall–Kier alpha value is -1.59. The van der Waals surface area contributed by atoms with Crippen LogP contribution in [-0.2, 0) is 4.79 Å². The summed E-state index contributed by atoms with van der Waals surface area (Å²) in [4.78, 5) is 14.3. The molecule has 3 N–H and O–H groups in total. The summed E-state index contributed by atoms with van der Waals surface area (Å²) in [5.41, 5.74) is 6.32. The lowest BCUT2D eigenvalue weighted by Crippen LogP contribution is -2.39. The Morgan fingerprint density at radius 1 is 1.38 bits per heavy atom. The number of methoxy groups -OCH3 is 1. The topological polar surface area (TPSA) is 67.6 Å². The number of nitrogens with two attached hydrogens (primary N) is 1. The minimum absolute atomic E-state index is 0.0109. The van der Waals surface area contributed by atoms with Gasteiger partial charge in [-0.1, -0.05) is 12.1 Å². The van der Waals surface area contributed by atoms with Crippen LogP contribution in [0.5, 0.6) is 5.75 Å². The van der Waals surface area contributed by atoms with Crippen LogP contribution in [0, 0.1) is 5.92 Å². The summed E-state index contributed by atoms with van der Waals surface area (Å²) in [5.74, 6) is 1.42. The van der Waals surface area contributed by atoms with Crippen molar-refractivity contribution in [2.45, 2.75) is 19.3 Å². The highest BCUT2D eigenvalue weighted by Gasteiger charge is 2.20. The first-order valence-electron chi connectivity index (χ1n) is 7.58. The highest BCUT2D eigenvalue weighted by atomic mass is 16.5. The van der Waals surface area contributed by atoms with Crippen LogP contribution < -0.4 is 15.8 Å². The molecular weight excluding hydrogens is 266 g/mol. The molecule has 5 heteroatoms. The van der Waals surface area contributed by atoms with Crippen molar-refractivity contribution in [3.63, 3.8) is 0 Å². The zero-order valence-corrected chi connectivity index (χ0v) is 12.7. The Labute approximate surface area is 126 Å². The van der Waals surface area contributed by atoms with Crippen LogP contribution >= 0.6 is 0 Å². The van der Waals surface area contributed by atoms with Gasteiger partial charge in [-0.25, -0.2) is 0 Å². The van der Waals surface area contributed by atoms with Crippen LogP contribution in [0.15, 0.2) is 24.3 Å². The van der Waals surface area contributed by atoms with E-state index in [9.17, 15) is 4.79 Å². The van der Waals surface area contributed by atoms with Gasteiger partial charge in [-0.2, -0.15) is 0 Å². The molecule has 5 nitrogen and oxygen atoms in total. The van der Waals surface area contributed by atoms with E-state index >= 15 is 0 Å². The molecule has 0 atom stereocenters. The number of hydrogen-bond donors (Lipinski definition) is 2. The first kappa shape index (κ1) is 15.8. The fourth-order valence-electron chi connectivity index (χ4n) is 2.81. The second-order valence-electron chi connectivity index (χ2n) is 5.55. The van der Waals surface area contributed by atoms with Gasteiger partial charge in [-0.15, -0.1) is 0 Å². The van der Waals surface area contributed by atoms with Crippen LogP contribution in [0.4, 0.5) is 5.69 Å². The normalized spacial score (nSPS) is 16.7. The second kappa shape index (κ2) is 8.00. The molecule has 1 fully saturated rings. The maximum atomic E-state index is 12.1. The molecule has 0 bridgehead atoms. The Morgan fingerprint density at radius 2 is 2.10 bits per heavy atom. The van der Waals surface area contributed by atoms with Crippen molar-refractivity contribution in [3.8, 4) is 5.75 Å². The largest absolute Gasteiger partial charge is 0.495 e. The summed E-state index contributed by atoms with van der Waals surface area (Å²) >= 11 is 0. The SMILES string of the molecule is COc1ccccc1NC(=O)CN1CCC(CCN)CC1. The molecule has 2 rings (SSSR count). The number of carbonyl (C=O) groups is 1. The summed E-state index contributed by atoms with van der Waals surface area (Å²) in [6.07, 6.45) is 3.37. The van der Waals surface area contributed by atoms with E-state index in [0.717, 1.165) is 50.5 Å². The van der Waals surface area contributed by atoms with E-state index < -0.39 is 0 Å². The van der Waals surface area contributed by atoms with Crippen molar-refractivity contribution in [1.29, 1.82) is 0 Å². The number of carbonyl (C=O) groups excluding carboxylic acids is 1. The van der Waals surface area contributed by atoms with E-state index in [0.29, 0.717) is 12.3 Å². The zero-order chi connectivity index (χ0) is 15.1. The quantitative estimate of drug-likeness (QED) is 0.837. The molecule has 1 amide bonds. The van der Waals surface area contributed by atoms with E-state index in [2.05, 4.69) is 10.2 Å². The molecule has 0 saturated carbocycles. The van der Waals surface area contributed by atoms with Gasteiger partial charge in [-0.05, 0) is 56.9 Å². The van der Waals surface area contributed by atoms with Gasteiger partial charge >= 0.3 is 0 Å². The van der Waals surface area contributed by atoms with Gasteiger partial charge in [0.15, 0.2) is 0 Å². The lowest BCUT2D eigenvalue weighted by Gasteiger charge is -2.31. The van der Waals surface area contributed by atoms with E-state index in [1.54, 1.807) is 7.11 Å². The lowest BCUT2D eigenvalue weighted by molar-refractivity contribution is -0.117. The monoisotopic (exact) mass is 291 g/mol. The molecule has 0 aromatic heterocycles. The molecule has 116 valence electrons. The summed E-state index contributed by atoms with van der Waals surface area (Å²) in [6, 6.07) is 7.46. The van der Waals surface area contributed by atoms with Gasteiger partial charge in [0.05, 0.1) is 19.3 Å². The first-order chi connectivity index (χ1) is 10.2. The third kappa shape index (κ3) is 4.72. The van der Waals surface area contributed by atoms with E-state index in [1.165, 1.54) is 0 Å². The highest BCUT2D eigenvalue weighted by Crippen LogP contribution is 2.23. The molecule has 1 aliphatic heterocycles. The first-order valence-corrected chi connectivity index (χ1v) is 7.58. The maximum absolute atomic E-state index is 12.1. The van der Waals surface area contributed by atoms with Crippen LogP contribution in [0.3, 0.4) is 0 Å². The van der Waals surface area contributed by atoms with Crippen molar-refractivity contribution in [2.75, 3.05) is 38.6 Å². The molecular formula is C16H25N3O2. The van der Waals surface area contributed by atoms with E-state index in [1.807, 2.05) is 24.3 Å². The van der Waals surface area contributed by atoms with Gasteiger partial charge < -0.3 is 15.8 Å². The fraction of sp³-hybridized carbons (Fsp3) is 0.562. The minimum atomic E-state index is 0.0109. The molecule has 0 aliphatic carbocycles. The third-order valence-electron chi connectivity index (χ3n) is 4.03. The molecule has 1 saturated heterocycles. The summed E-state index contributed by atoms with van der Waals surface area (Å²) in [6.45, 7) is 3.15. The van der Waals surface area contributed by atoms with Gasteiger partial charge in [0, 0.05) is 0 Å². The Kier molecular flexibility index (Phi) is 6.02. The number of nitrogens with one attached hydrogen (secondary N) is 1. The van der Waals surface area contributed by atoms with Crippen LogP contribution in [0.2, 0.25) is 0 Å². The number of amides is 1. The van der Waals surface area contributed by atoms with E-state index in [-0.39, 0.29) is 5.91 Å². The van der Waals surface area contributed by atoms with Gasteiger partial charge in [0.25, 0.3) is 0 Å². The average Bonchev–Trinajstić information content (AvgIpc) is 2.50. The van der Waals surface area contributed by atoms with Crippen LogP contribution in [0.1, 0.15) is 19.3 Å². The minimum Gasteiger partial charge on any atom is -0.495 e. The second-order valence-corrected chi connectivity index (χ2v) is 5.55. The van der Waals surface area contributed by atoms with Crippen molar-refractivity contribution < 1.29 is 9.53 Å². The summed E-state index contributed by atoms with van der Waals surface area (Å²) in [7, 11) is 1.60. The van der Waals surface area contributed by atoms with Crippen molar-refractivity contribution >= 4 is 11.6 Å². The smallest absolute Gasteiger partial charge is 0.238 e. The molecule has 1 aliphatic rings. The standard InChI is InChI=1S/C16H25N3O2/c1-21-15-5-3-2-4-14(15)18-16(20)12-19-10-7-13(6-9-17)8-11-19/h2-5,13H,6-12,17H2,1H3,(H,18,20). The number of para-hydroxylation sites is 2. The number of benzene rings is 1. The van der Waals surface area contributed by atoms with Gasteiger partial charge in [0.1, 0.15) is 5.75 Å². The van der Waals surface area contributed by atoms with Crippen LogP contribution in [-0.4, -0.2) is 44.1 Å². The Balaban J connectivity index is 1.80.